The van der Waals surface area contributed by atoms with Crippen molar-refractivity contribution in [2.45, 2.75) is 6.54 Å². The van der Waals surface area contributed by atoms with Crippen molar-refractivity contribution in [1.82, 2.24) is 0 Å². The summed E-state index contributed by atoms with van der Waals surface area (Å²) < 4.78 is 18.4. The quantitative estimate of drug-likeness (QED) is 0.763. The molecule has 3 aromatic carbocycles. The van der Waals surface area contributed by atoms with Crippen molar-refractivity contribution in [3.8, 4) is 28.0 Å². The van der Waals surface area contributed by atoms with Crippen LogP contribution in [0, 0.1) is 5.82 Å². The molecule has 116 valence electrons. The van der Waals surface area contributed by atoms with Gasteiger partial charge in [-0.2, -0.15) is 0 Å². The zero-order chi connectivity index (χ0) is 16.2. The summed E-state index contributed by atoms with van der Waals surface area (Å²) in [5.74, 6) is 0.574. The molecule has 0 unspecified atom stereocenters. The predicted molar refractivity (Wildman–Crippen MR) is 91.7 cm³/mol. The molecule has 2 N–H and O–H groups in total. The Morgan fingerprint density at radius 3 is 2.04 bits per heavy atom. The molecule has 2 nitrogen and oxygen atoms in total. The predicted octanol–water partition coefficient (Wildman–Crippen LogP) is 4.63. The Morgan fingerprint density at radius 1 is 0.826 bits per heavy atom. The zero-order valence-corrected chi connectivity index (χ0v) is 12.9. The average molecular weight is 307 g/mol. The highest BCUT2D eigenvalue weighted by Gasteiger charge is 2.09. The molecule has 0 aliphatic carbocycles. The number of methoxy groups -OCH3 is 1. The lowest BCUT2D eigenvalue weighted by molar-refractivity contribution is 0.415. The van der Waals surface area contributed by atoms with E-state index in [-0.39, 0.29) is 5.82 Å². The lowest BCUT2D eigenvalue weighted by Gasteiger charge is -2.13. The molecule has 23 heavy (non-hydrogen) atoms. The van der Waals surface area contributed by atoms with E-state index in [2.05, 4.69) is 6.07 Å². The Labute approximate surface area is 135 Å². The van der Waals surface area contributed by atoms with Gasteiger partial charge in [0.1, 0.15) is 11.6 Å². The third-order valence-electron chi connectivity index (χ3n) is 3.88. The summed E-state index contributed by atoms with van der Waals surface area (Å²) >= 11 is 0. The van der Waals surface area contributed by atoms with Crippen LogP contribution in [0.2, 0.25) is 0 Å². The second-order valence-electron chi connectivity index (χ2n) is 5.32. The van der Waals surface area contributed by atoms with E-state index < -0.39 is 0 Å². The number of hydrogen-bond acceptors (Lipinski definition) is 2. The molecule has 0 amide bonds. The minimum atomic E-state index is -0.238. The van der Waals surface area contributed by atoms with E-state index in [0.29, 0.717) is 6.54 Å². The van der Waals surface area contributed by atoms with Crippen LogP contribution >= 0.6 is 0 Å². The minimum absolute atomic E-state index is 0.238. The highest BCUT2D eigenvalue weighted by atomic mass is 19.1. The summed E-state index contributed by atoms with van der Waals surface area (Å²) in [7, 11) is 1.65. The van der Waals surface area contributed by atoms with Gasteiger partial charge < -0.3 is 10.5 Å². The number of ether oxygens (including phenoxy) is 1. The molecule has 3 rings (SSSR count). The van der Waals surface area contributed by atoms with Crippen molar-refractivity contribution in [3.63, 3.8) is 0 Å². The molecule has 0 atom stereocenters. The number of rotatable bonds is 4. The van der Waals surface area contributed by atoms with Gasteiger partial charge in [0.25, 0.3) is 0 Å². The van der Waals surface area contributed by atoms with E-state index in [1.165, 1.54) is 12.1 Å². The first kappa shape index (κ1) is 15.3. The maximum atomic E-state index is 13.2. The van der Waals surface area contributed by atoms with Crippen molar-refractivity contribution in [2.75, 3.05) is 7.11 Å². The molecule has 0 saturated heterocycles. The number of halogens is 1. The van der Waals surface area contributed by atoms with Crippen molar-refractivity contribution < 1.29 is 9.13 Å². The SMILES string of the molecule is COc1ccc(-c2cc(CN)ccc2-c2ccc(F)cc2)cc1. The van der Waals surface area contributed by atoms with Gasteiger partial charge in [0.2, 0.25) is 0 Å². The Morgan fingerprint density at radius 2 is 1.43 bits per heavy atom. The first-order valence-corrected chi connectivity index (χ1v) is 7.44. The molecule has 3 heteroatoms. The van der Waals surface area contributed by atoms with E-state index in [1.807, 2.05) is 36.4 Å². The Bertz CT molecular complexity index is 795. The third kappa shape index (κ3) is 3.25. The summed E-state index contributed by atoms with van der Waals surface area (Å²) in [6.45, 7) is 0.479. The summed E-state index contributed by atoms with van der Waals surface area (Å²) in [6.07, 6.45) is 0. The van der Waals surface area contributed by atoms with Crippen molar-refractivity contribution in [1.29, 1.82) is 0 Å². The second-order valence-corrected chi connectivity index (χ2v) is 5.32. The fourth-order valence-corrected chi connectivity index (χ4v) is 2.61. The smallest absolute Gasteiger partial charge is 0.123 e. The van der Waals surface area contributed by atoms with Crippen LogP contribution in [0.4, 0.5) is 4.39 Å². The molecule has 0 aliphatic heterocycles. The van der Waals surface area contributed by atoms with Gasteiger partial charge in [0.05, 0.1) is 7.11 Å². The number of nitrogens with two attached hydrogens (primary N) is 1. The van der Waals surface area contributed by atoms with E-state index in [0.717, 1.165) is 33.6 Å². The zero-order valence-electron chi connectivity index (χ0n) is 12.9. The highest BCUT2D eigenvalue weighted by molar-refractivity contribution is 5.84. The van der Waals surface area contributed by atoms with Crippen LogP contribution < -0.4 is 10.5 Å². The molecule has 0 radical (unpaired) electrons. The fourth-order valence-electron chi connectivity index (χ4n) is 2.61. The van der Waals surface area contributed by atoms with Crippen molar-refractivity contribution in [2.24, 2.45) is 5.73 Å². The number of benzene rings is 3. The molecule has 0 bridgehead atoms. The van der Waals surface area contributed by atoms with E-state index in [4.69, 9.17) is 10.5 Å². The Balaban J connectivity index is 2.13. The van der Waals surface area contributed by atoms with Gasteiger partial charge in [0.15, 0.2) is 0 Å². The van der Waals surface area contributed by atoms with Gasteiger partial charge in [0, 0.05) is 6.54 Å². The van der Waals surface area contributed by atoms with Gasteiger partial charge in [-0.25, -0.2) is 4.39 Å². The van der Waals surface area contributed by atoms with Crippen LogP contribution in [0.15, 0.2) is 66.7 Å². The molecule has 0 saturated carbocycles. The topological polar surface area (TPSA) is 35.2 Å². The van der Waals surface area contributed by atoms with Crippen LogP contribution in [0.3, 0.4) is 0 Å². The van der Waals surface area contributed by atoms with Gasteiger partial charge >= 0.3 is 0 Å². The van der Waals surface area contributed by atoms with Crippen molar-refractivity contribution in [3.05, 3.63) is 78.1 Å². The second kappa shape index (κ2) is 6.63. The van der Waals surface area contributed by atoms with Gasteiger partial charge in [-0.3, -0.25) is 0 Å². The maximum absolute atomic E-state index is 13.2. The van der Waals surface area contributed by atoms with Crippen LogP contribution in [-0.2, 0) is 6.54 Å². The van der Waals surface area contributed by atoms with Gasteiger partial charge in [-0.1, -0.05) is 36.4 Å². The first-order valence-electron chi connectivity index (χ1n) is 7.44. The van der Waals surface area contributed by atoms with Crippen LogP contribution in [-0.4, -0.2) is 7.11 Å². The lowest BCUT2D eigenvalue weighted by atomic mass is 9.93. The highest BCUT2D eigenvalue weighted by Crippen LogP contribution is 2.34. The molecule has 0 fully saturated rings. The molecule has 3 aromatic rings. The first-order chi connectivity index (χ1) is 11.2. The minimum Gasteiger partial charge on any atom is -0.497 e. The van der Waals surface area contributed by atoms with E-state index >= 15 is 0 Å². The van der Waals surface area contributed by atoms with Crippen LogP contribution in [0.25, 0.3) is 22.3 Å². The molecule has 0 aliphatic rings. The lowest BCUT2D eigenvalue weighted by Crippen LogP contribution is -1.97. The largest absolute Gasteiger partial charge is 0.497 e. The van der Waals surface area contributed by atoms with Gasteiger partial charge in [-0.15, -0.1) is 0 Å². The number of hydrogen-bond donors (Lipinski definition) is 1. The van der Waals surface area contributed by atoms with Crippen LogP contribution in [0.1, 0.15) is 5.56 Å². The maximum Gasteiger partial charge on any atom is 0.123 e. The summed E-state index contributed by atoms with van der Waals surface area (Å²) in [6, 6.07) is 20.6. The molecule has 0 heterocycles. The summed E-state index contributed by atoms with van der Waals surface area (Å²) in [5.41, 5.74) is 11.0. The molecule has 0 aromatic heterocycles. The third-order valence-corrected chi connectivity index (χ3v) is 3.88. The monoisotopic (exact) mass is 307 g/mol. The molecule has 0 spiro atoms. The van der Waals surface area contributed by atoms with E-state index in [9.17, 15) is 4.39 Å². The van der Waals surface area contributed by atoms with Gasteiger partial charge in [-0.05, 0) is 58.1 Å². The van der Waals surface area contributed by atoms with Crippen molar-refractivity contribution >= 4 is 0 Å². The molecular weight excluding hydrogens is 289 g/mol. The Kier molecular flexibility index (Phi) is 4.40. The molecular formula is C20H18FNO. The van der Waals surface area contributed by atoms with Crippen LogP contribution in [0.5, 0.6) is 5.75 Å². The average Bonchev–Trinajstić information content (AvgIpc) is 2.62. The normalized spacial score (nSPS) is 10.6. The van der Waals surface area contributed by atoms with E-state index in [1.54, 1.807) is 19.2 Å². The standard InChI is InChI=1S/C20H18FNO/c1-23-18-9-5-16(6-10-18)20-12-14(13-22)2-11-19(20)15-3-7-17(21)8-4-15/h2-12H,13,22H2,1H3. The Hall–Kier alpha value is -2.65. The summed E-state index contributed by atoms with van der Waals surface area (Å²) in [5, 5.41) is 0. The summed E-state index contributed by atoms with van der Waals surface area (Å²) in [4.78, 5) is 0. The fraction of sp³-hybridized carbons (Fsp3) is 0.100.